The Balaban J connectivity index is 1.63. The number of nitrogens with one attached hydrogen (secondary N) is 2. The number of para-hydroxylation sites is 1. The number of methoxy groups -OCH3 is 1. The monoisotopic (exact) mass is 459 g/mol. The van der Waals surface area contributed by atoms with Gasteiger partial charge in [-0.3, -0.25) is 9.59 Å². The van der Waals surface area contributed by atoms with E-state index in [0.717, 1.165) is 26.9 Å². The van der Waals surface area contributed by atoms with Gasteiger partial charge in [0.05, 0.1) is 25.1 Å². The first-order chi connectivity index (χ1) is 16.2. The zero-order valence-corrected chi connectivity index (χ0v) is 19.1. The van der Waals surface area contributed by atoms with Crippen molar-refractivity contribution in [3.8, 4) is 0 Å². The van der Waals surface area contributed by atoms with Gasteiger partial charge in [-0.15, -0.1) is 11.3 Å². The van der Waals surface area contributed by atoms with E-state index < -0.39 is 12.0 Å². The van der Waals surface area contributed by atoms with Crippen LogP contribution in [0.2, 0.25) is 0 Å². The molecule has 2 unspecified atom stereocenters. The summed E-state index contributed by atoms with van der Waals surface area (Å²) in [4.78, 5) is 33.5. The van der Waals surface area contributed by atoms with Crippen LogP contribution in [0.5, 0.6) is 0 Å². The van der Waals surface area contributed by atoms with Gasteiger partial charge in [-0.05, 0) is 29.1 Å². The number of thiophene rings is 1. The fraction of sp³-hybridized carbons (Fsp3) is 0.231. The number of H-pyrrole nitrogens is 1. The van der Waals surface area contributed by atoms with Crippen molar-refractivity contribution in [2.75, 3.05) is 20.3 Å². The van der Waals surface area contributed by atoms with Crippen molar-refractivity contribution >= 4 is 34.1 Å². The maximum absolute atomic E-state index is 13.7. The van der Waals surface area contributed by atoms with Gasteiger partial charge < -0.3 is 19.9 Å². The molecule has 0 bridgehead atoms. The van der Waals surface area contributed by atoms with Crippen molar-refractivity contribution in [1.82, 2.24) is 15.2 Å². The van der Waals surface area contributed by atoms with Crippen LogP contribution in [0.3, 0.4) is 0 Å². The second kappa shape index (κ2) is 9.21. The quantitative estimate of drug-likeness (QED) is 0.428. The van der Waals surface area contributed by atoms with E-state index in [-0.39, 0.29) is 11.8 Å². The molecule has 5 rings (SSSR count). The molecular formula is C26H25N3O3S. The Morgan fingerprint density at radius 3 is 2.73 bits per heavy atom. The molecule has 6 nitrogen and oxygen atoms in total. The number of hydrogen-bond donors (Lipinski definition) is 2. The van der Waals surface area contributed by atoms with E-state index in [9.17, 15) is 9.59 Å². The van der Waals surface area contributed by atoms with Gasteiger partial charge in [0.2, 0.25) is 5.91 Å². The maximum atomic E-state index is 13.7. The van der Waals surface area contributed by atoms with E-state index in [1.165, 1.54) is 0 Å². The summed E-state index contributed by atoms with van der Waals surface area (Å²) in [5.74, 6) is -0.726. The van der Waals surface area contributed by atoms with Crippen molar-refractivity contribution in [3.05, 3.63) is 93.8 Å². The Kier molecular flexibility index (Phi) is 5.98. The van der Waals surface area contributed by atoms with E-state index in [1.54, 1.807) is 23.3 Å². The van der Waals surface area contributed by atoms with Crippen LogP contribution >= 0.6 is 11.3 Å². The molecule has 168 valence electrons. The highest BCUT2D eigenvalue weighted by molar-refractivity contribution is 7.09. The number of carbonyl (C=O) groups excluding carboxylic acids is 2. The van der Waals surface area contributed by atoms with Gasteiger partial charge in [0, 0.05) is 46.8 Å². The minimum absolute atomic E-state index is 0.0831. The summed E-state index contributed by atoms with van der Waals surface area (Å²) in [7, 11) is 1.62. The van der Waals surface area contributed by atoms with Gasteiger partial charge in [0.15, 0.2) is 0 Å². The standard InChI is InChI=1S/C26H25N3O3S/c1-32-13-12-29-24(21-16-27-22-11-5-4-8-18(21)22)23(19-9-2-3-10-20(19)26(29)31)25(30)28-15-17-7-6-14-33-17/h2-11,14,16,23-24,27H,12-13,15H2,1H3,(H,28,30). The molecule has 3 heterocycles. The summed E-state index contributed by atoms with van der Waals surface area (Å²) in [6.45, 7) is 1.24. The van der Waals surface area contributed by atoms with Gasteiger partial charge >= 0.3 is 0 Å². The lowest BCUT2D eigenvalue weighted by Gasteiger charge is -2.41. The van der Waals surface area contributed by atoms with Gasteiger partial charge in [0.25, 0.3) is 5.91 Å². The molecule has 0 fully saturated rings. The SMILES string of the molecule is COCCN1C(=O)c2ccccc2C(C(=O)NCc2cccs2)C1c1c[nH]c2ccccc12. The molecule has 2 aromatic carbocycles. The number of fused-ring (bicyclic) bond motifs is 2. The largest absolute Gasteiger partial charge is 0.383 e. The van der Waals surface area contributed by atoms with Crippen LogP contribution in [0, 0.1) is 0 Å². The van der Waals surface area contributed by atoms with E-state index in [1.807, 2.05) is 72.2 Å². The molecule has 0 radical (unpaired) electrons. The summed E-state index contributed by atoms with van der Waals surface area (Å²) in [6, 6.07) is 18.9. The second-order valence-electron chi connectivity index (χ2n) is 8.09. The molecule has 0 spiro atoms. The fourth-order valence-electron chi connectivity index (χ4n) is 4.69. The normalized spacial score (nSPS) is 17.8. The number of amides is 2. The predicted octanol–water partition coefficient (Wildman–Crippen LogP) is 4.47. The van der Waals surface area contributed by atoms with Crippen molar-refractivity contribution in [2.24, 2.45) is 0 Å². The van der Waals surface area contributed by atoms with E-state index in [2.05, 4.69) is 10.3 Å². The van der Waals surface area contributed by atoms with Crippen LogP contribution in [-0.2, 0) is 16.1 Å². The number of rotatable bonds is 7. The summed E-state index contributed by atoms with van der Waals surface area (Å²) in [5.41, 5.74) is 3.24. The lowest BCUT2D eigenvalue weighted by atomic mass is 9.79. The third-order valence-corrected chi connectivity index (χ3v) is 7.09. The number of hydrogen-bond acceptors (Lipinski definition) is 4. The summed E-state index contributed by atoms with van der Waals surface area (Å²) in [5, 5.41) is 6.12. The van der Waals surface area contributed by atoms with Crippen LogP contribution in [0.25, 0.3) is 10.9 Å². The summed E-state index contributed by atoms with van der Waals surface area (Å²) >= 11 is 1.61. The highest BCUT2D eigenvalue weighted by Crippen LogP contribution is 2.44. The molecule has 7 heteroatoms. The first-order valence-electron chi connectivity index (χ1n) is 10.9. The molecule has 2 amide bonds. The Hall–Kier alpha value is -3.42. The van der Waals surface area contributed by atoms with Gasteiger partial charge in [-0.1, -0.05) is 42.5 Å². The van der Waals surface area contributed by atoms with Crippen LogP contribution in [0.15, 0.2) is 72.2 Å². The molecule has 0 aliphatic carbocycles. The van der Waals surface area contributed by atoms with E-state index in [4.69, 9.17) is 4.74 Å². The van der Waals surface area contributed by atoms with Gasteiger partial charge in [-0.2, -0.15) is 0 Å². The molecule has 2 N–H and O–H groups in total. The molecule has 0 saturated heterocycles. The van der Waals surface area contributed by atoms with Crippen LogP contribution in [-0.4, -0.2) is 42.0 Å². The molecular weight excluding hydrogens is 434 g/mol. The summed E-state index contributed by atoms with van der Waals surface area (Å²) < 4.78 is 5.33. The Morgan fingerprint density at radius 1 is 1.09 bits per heavy atom. The topological polar surface area (TPSA) is 74.4 Å². The maximum Gasteiger partial charge on any atom is 0.254 e. The molecule has 33 heavy (non-hydrogen) atoms. The van der Waals surface area contributed by atoms with E-state index >= 15 is 0 Å². The molecule has 2 aromatic heterocycles. The smallest absolute Gasteiger partial charge is 0.254 e. The van der Waals surface area contributed by atoms with Crippen LogP contribution < -0.4 is 5.32 Å². The van der Waals surface area contributed by atoms with Gasteiger partial charge in [-0.25, -0.2) is 0 Å². The molecule has 2 atom stereocenters. The number of carbonyl (C=O) groups is 2. The lowest BCUT2D eigenvalue weighted by molar-refractivity contribution is -0.124. The Bertz CT molecular complexity index is 1280. The Labute approximate surface area is 196 Å². The number of ether oxygens (including phenoxy) is 1. The second-order valence-corrected chi connectivity index (χ2v) is 9.12. The highest BCUT2D eigenvalue weighted by atomic mass is 32.1. The fourth-order valence-corrected chi connectivity index (χ4v) is 5.34. The average molecular weight is 460 g/mol. The summed E-state index contributed by atoms with van der Waals surface area (Å²) in [6.07, 6.45) is 1.93. The molecule has 1 aliphatic rings. The number of benzene rings is 2. The number of aromatic nitrogens is 1. The minimum Gasteiger partial charge on any atom is -0.383 e. The van der Waals surface area contributed by atoms with Crippen molar-refractivity contribution in [3.63, 3.8) is 0 Å². The minimum atomic E-state index is -0.546. The third kappa shape index (κ3) is 3.94. The van der Waals surface area contributed by atoms with Crippen molar-refractivity contribution < 1.29 is 14.3 Å². The highest BCUT2D eigenvalue weighted by Gasteiger charge is 2.44. The number of aromatic amines is 1. The van der Waals surface area contributed by atoms with Crippen molar-refractivity contribution in [2.45, 2.75) is 18.5 Å². The predicted molar refractivity (Wildman–Crippen MR) is 129 cm³/mol. The molecule has 0 saturated carbocycles. The van der Waals surface area contributed by atoms with E-state index in [0.29, 0.717) is 25.3 Å². The molecule has 4 aromatic rings. The van der Waals surface area contributed by atoms with Crippen LogP contribution in [0.4, 0.5) is 0 Å². The number of nitrogens with zero attached hydrogens (tertiary/aromatic N) is 1. The average Bonchev–Trinajstić information content (AvgIpc) is 3.52. The zero-order valence-electron chi connectivity index (χ0n) is 18.3. The zero-order chi connectivity index (χ0) is 22.8. The Morgan fingerprint density at radius 2 is 1.91 bits per heavy atom. The lowest BCUT2D eigenvalue weighted by Crippen LogP contribution is -2.48. The van der Waals surface area contributed by atoms with Gasteiger partial charge in [0.1, 0.15) is 0 Å². The van der Waals surface area contributed by atoms with Crippen LogP contribution in [0.1, 0.15) is 38.3 Å². The molecule has 1 aliphatic heterocycles. The first kappa shape index (κ1) is 21.4. The third-order valence-electron chi connectivity index (χ3n) is 6.21. The van der Waals surface area contributed by atoms with Crippen molar-refractivity contribution in [1.29, 1.82) is 0 Å². The first-order valence-corrected chi connectivity index (χ1v) is 11.8.